The van der Waals surface area contributed by atoms with Crippen molar-refractivity contribution in [2.75, 3.05) is 0 Å². The molecule has 0 bridgehead atoms. The Morgan fingerprint density at radius 2 is 1.57 bits per heavy atom. The van der Waals surface area contributed by atoms with Crippen molar-refractivity contribution in [1.82, 2.24) is 0 Å². The second-order valence-electron chi connectivity index (χ2n) is 6.81. The summed E-state index contributed by atoms with van der Waals surface area (Å²) in [5.41, 5.74) is 1.86. The van der Waals surface area contributed by atoms with E-state index in [0.717, 1.165) is 10.9 Å². The summed E-state index contributed by atoms with van der Waals surface area (Å²) < 4.78 is 11.7. The molecule has 28 heavy (non-hydrogen) atoms. The van der Waals surface area contributed by atoms with E-state index < -0.39 is 11.5 Å². The molecule has 5 rings (SSSR count). The molecule has 0 amide bonds. The molecule has 0 radical (unpaired) electrons. The van der Waals surface area contributed by atoms with Crippen LogP contribution < -0.4 is 10.4 Å². The summed E-state index contributed by atoms with van der Waals surface area (Å²) in [6.07, 6.45) is 0.167. The molecule has 1 aliphatic heterocycles. The zero-order valence-corrected chi connectivity index (χ0v) is 14.9. The van der Waals surface area contributed by atoms with Gasteiger partial charge in [0.1, 0.15) is 17.1 Å². The molecular formula is C24H16O4. The minimum atomic E-state index is -0.464. The summed E-state index contributed by atoms with van der Waals surface area (Å²) >= 11 is 0. The second kappa shape index (κ2) is 6.50. The summed E-state index contributed by atoms with van der Waals surface area (Å²) in [6.45, 7) is 0. The average molecular weight is 368 g/mol. The summed E-state index contributed by atoms with van der Waals surface area (Å²) in [5, 5.41) is 0.726. The standard InChI is InChI=1S/C24H16O4/c25-19(15-8-2-1-3-9-15)14-18-16-10-4-6-12-20(16)27-23-17-11-5-7-13-21(17)28-24(26)22(18)23/h1-13,18H,14H2. The minimum absolute atomic E-state index is 0.0270. The lowest BCUT2D eigenvalue weighted by Gasteiger charge is -2.27. The Bertz CT molecular complexity index is 1250. The van der Waals surface area contributed by atoms with Crippen molar-refractivity contribution >= 4 is 16.8 Å². The fourth-order valence-electron chi connectivity index (χ4n) is 3.81. The number of carbonyl (C=O) groups is 1. The van der Waals surface area contributed by atoms with Gasteiger partial charge in [0.2, 0.25) is 0 Å². The molecule has 4 aromatic rings. The Morgan fingerprint density at radius 1 is 0.857 bits per heavy atom. The number of hydrogen-bond acceptors (Lipinski definition) is 4. The monoisotopic (exact) mass is 368 g/mol. The van der Waals surface area contributed by atoms with E-state index in [1.165, 1.54) is 0 Å². The molecule has 0 N–H and O–H groups in total. The molecule has 0 saturated carbocycles. The van der Waals surface area contributed by atoms with Gasteiger partial charge in [0, 0.05) is 23.5 Å². The van der Waals surface area contributed by atoms with Crippen LogP contribution in [0.15, 0.2) is 88.1 Å². The minimum Gasteiger partial charge on any atom is -0.456 e. The van der Waals surface area contributed by atoms with Crippen LogP contribution in [-0.2, 0) is 0 Å². The van der Waals surface area contributed by atoms with E-state index in [0.29, 0.717) is 28.2 Å². The number of carbonyl (C=O) groups excluding carboxylic acids is 1. The van der Waals surface area contributed by atoms with Crippen LogP contribution in [0.3, 0.4) is 0 Å². The van der Waals surface area contributed by atoms with Crippen molar-refractivity contribution in [3.05, 3.63) is 106 Å². The largest absolute Gasteiger partial charge is 0.456 e. The van der Waals surface area contributed by atoms with E-state index in [1.54, 1.807) is 18.2 Å². The maximum atomic E-state index is 12.9. The van der Waals surface area contributed by atoms with Crippen molar-refractivity contribution in [3.8, 4) is 11.5 Å². The molecular weight excluding hydrogens is 352 g/mol. The van der Waals surface area contributed by atoms with Crippen LogP contribution in [-0.4, -0.2) is 5.78 Å². The van der Waals surface area contributed by atoms with Crippen LogP contribution in [0.1, 0.15) is 33.8 Å². The molecule has 2 heterocycles. The Balaban J connectivity index is 1.70. The van der Waals surface area contributed by atoms with Crippen molar-refractivity contribution in [2.24, 2.45) is 0 Å². The van der Waals surface area contributed by atoms with Crippen LogP contribution in [0.5, 0.6) is 11.5 Å². The summed E-state index contributed by atoms with van der Waals surface area (Å²) in [4.78, 5) is 25.8. The predicted molar refractivity (Wildman–Crippen MR) is 106 cm³/mol. The van der Waals surface area contributed by atoms with E-state index in [4.69, 9.17) is 9.15 Å². The van der Waals surface area contributed by atoms with Crippen molar-refractivity contribution in [3.63, 3.8) is 0 Å². The molecule has 1 aliphatic rings. The van der Waals surface area contributed by atoms with Crippen LogP contribution in [0.4, 0.5) is 0 Å². The highest BCUT2D eigenvalue weighted by molar-refractivity contribution is 5.97. The lowest BCUT2D eigenvalue weighted by atomic mass is 9.83. The molecule has 1 atom stereocenters. The highest BCUT2D eigenvalue weighted by Gasteiger charge is 2.34. The number of Topliss-reactive ketones (excluding diaryl/α,β-unsaturated/α-hetero) is 1. The Hall–Kier alpha value is -3.66. The van der Waals surface area contributed by atoms with Gasteiger partial charge in [-0.15, -0.1) is 0 Å². The first kappa shape index (κ1) is 16.5. The van der Waals surface area contributed by atoms with E-state index in [1.807, 2.05) is 60.7 Å². The van der Waals surface area contributed by atoms with Crippen LogP contribution >= 0.6 is 0 Å². The fraction of sp³-hybridized carbons (Fsp3) is 0.0833. The van der Waals surface area contributed by atoms with E-state index in [2.05, 4.69) is 0 Å². The molecule has 3 aromatic carbocycles. The Kier molecular flexibility index (Phi) is 3.83. The summed E-state index contributed by atoms with van der Waals surface area (Å²) in [7, 11) is 0. The summed E-state index contributed by atoms with van der Waals surface area (Å²) in [5.74, 6) is 0.697. The van der Waals surface area contributed by atoms with E-state index in [-0.39, 0.29) is 12.2 Å². The van der Waals surface area contributed by atoms with Gasteiger partial charge in [-0.3, -0.25) is 4.79 Å². The van der Waals surface area contributed by atoms with E-state index >= 15 is 0 Å². The quantitative estimate of drug-likeness (QED) is 0.363. The normalized spacial score (nSPS) is 14.8. The van der Waals surface area contributed by atoms with Gasteiger partial charge in [-0.2, -0.15) is 0 Å². The number of hydrogen-bond donors (Lipinski definition) is 0. The first-order valence-electron chi connectivity index (χ1n) is 9.13. The van der Waals surface area contributed by atoms with Crippen LogP contribution in [0.2, 0.25) is 0 Å². The van der Waals surface area contributed by atoms with Crippen LogP contribution in [0.25, 0.3) is 11.0 Å². The van der Waals surface area contributed by atoms with Gasteiger partial charge in [0.05, 0.1) is 10.9 Å². The second-order valence-corrected chi connectivity index (χ2v) is 6.81. The highest BCUT2D eigenvalue weighted by Crippen LogP contribution is 2.47. The van der Waals surface area contributed by atoms with Gasteiger partial charge >= 0.3 is 5.63 Å². The molecule has 4 nitrogen and oxygen atoms in total. The maximum Gasteiger partial charge on any atom is 0.343 e. The molecule has 136 valence electrons. The molecule has 0 fully saturated rings. The zero-order chi connectivity index (χ0) is 19.1. The molecule has 4 heteroatoms. The van der Waals surface area contributed by atoms with Gasteiger partial charge < -0.3 is 9.15 Å². The van der Waals surface area contributed by atoms with Gasteiger partial charge in [-0.1, -0.05) is 60.7 Å². The lowest BCUT2D eigenvalue weighted by molar-refractivity contribution is 0.0976. The van der Waals surface area contributed by atoms with E-state index in [9.17, 15) is 9.59 Å². The average Bonchev–Trinajstić information content (AvgIpc) is 2.74. The number of ether oxygens (including phenoxy) is 1. The van der Waals surface area contributed by atoms with Gasteiger partial charge in [0.15, 0.2) is 5.78 Å². The smallest absolute Gasteiger partial charge is 0.343 e. The third-order valence-corrected chi connectivity index (χ3v) is 5.14. The fourth-order valence-corrected chi connectivity index (χ4v) is 3.81. The first-order valence-corrected chi connectivity index (χ1v) is 9.13. The predicted octanol–water partition coefficient (Wildman–Crippen LogP) is 5.30. The highest BCUT2D eigenvalue weighted by atomic mass is 16.5. The lowest BCUT2D eigenvalue weighted by Crippen LogP contribution is -2.22. The van der Waals surface area contributed by atoms with Crippen LogP contribution in [0, 0.1) is 0 Å². The SMILES string of the molecule is O=C(CC1c2ccccc2Oc2c1c(=O)oc1ccccc21)c1ccccc1. The van der Waals surface area contributed by atoms with Gasteiger partial charge in [0.25, 0.3) is 0 Å². The molecule has 0 saturated heterocycles. The number of para-hydroxylation sites is 2. The number of fused-ring (bicyclic) bond motifs is 4. The van der Waals surface area contributed by atoms with Gasteiger partial charge in [-0.05, 0) is 18.2 Å². The Morgan fingerprint density at radius 3 is 2.43 bits per heavy atom. The molecule has 1 aromatic heterocycles. The Labute approximate surface area is 161 Å². The van der Waals surface area contributed by atoms with Gasteiger partial charge in [-0.25, -0.2) is 4.79 Å². The summed E-state index contributed by atoms with van der Waals surface area (Å²) in [6, 6.07) is 23.9. The van der Waals surface area contributed by atoms with Crippen molar-refractivity contribution in [1.29, 1.82) is 0 Å². The molecule has 1 unspecified atom stereocenters. The third kappa shape index (κ3) is 2.62. The van der Waals surface area contributed by atoms with Crippen molar-refractivity contribution in [2.45, 2.75) is 12.3 Å². The topological polar surface area (TPSA) is 56.5 Å². The van der Waals surface area contributed by atoms with Crippen molar-refractivity contribution < 1.29 is 13.9 Å². The first-order chi connectivity index (χ1) is 13.7. The molecule has 0 aliphatic carbocycles. The number of ketones is 1. The zero-order valence-electron chi connectivity index (χ0n) is 14.9. The third-order valence-electron chi connectivity index (χ3n) is 5.14. The molecule has 0 spiro atoms. The number of benzene rings is 3. The number of rotatable bonds is 3. The maximum absolute atomic E-state index is 12.9.